The van der Waals surface area contributed by atoms with E-state index in [1.807, 2.05) is 48.7 Å². The summed E-state index contributed by atoms with van der Waals surface area (Å²) < 4.78 is 10.8. The summed E-state index contributed by atoms with van der Waals surface area (Å²) in [5.74, 6) is 1.95. The Balaban J connectivity index is 1.75. The lowest BCUT2D eigenvalue weighted by Crippen LogP contribution is -2.46. The van der Waals surface area contributed by atoms with Gasteiger partial charge in [0.05, 0.1) is 7.11 Å². The van der Waals surface area contributed by atoms with Crippen LogP contribution in [-0.4, -0.2) is 17.3 Å². The highest BCUT2D eigenvalue weighted by Crippen LogP contribution is 2.37. The lowest BCUT2D eigenvalue weighted by molar-refractivity contribution is 0.362. The van der Waals surface area contributed by atoms with E-state index >= 15 is 0 Å². The van der Waals surface area contributed by atoms with E-state index in [1.165, 1.54) is 0 Å². The number of benzene rings is 1. The summed E-state index contributed by atoms with van der Waals surface area (Å²) in [5.41, 5.74) is 2.41. The smallest absolute Gasteiger partial charge is 0.223 e. The minimum atomic E-state index is -0.694. The van der Waals surface area contributed by atoms with Crippen molar-refractivity contribution in [1.29, 1.82) is 0 Å². The molecule has 2 heterocycles. The van der Waals surface area contributed by atoms with Crippen LogP contribution >= 0.6 is 0 Å². The molecule has 1 atom stereocenters. The molecule has 6 nitrogen and oxygen atoms in total. The second kappa shape index (κ2) is 6.65. The standard InChI is InChI=1S/C20H20N4O2/c1-14-23-19(24-26-14)20(11-5-9-17-16(20)8-6-12-21-17)22-13-15-7-3-4-10-18(15)25-2/h3-12,21-22H,13H2,1-2H3. The van der Waals surface area contributed by atoms with E-state index in [2.05, 4.69) is 32.9 Å². The first kappa shape index (κ1) is 16.4. The second-order valence-electron chi connectivity index (χ2n) is 6.13. The fourth-order valence-electron chi connectivity index (χ4n) is 3.28. The largest absolute Gasteiger partial charge is 0.496 e. The van der Waals surface area contributed by atoms with Gasteiger partial charge in [-0.15, -0.1) is 0 Å². The molecule has 0 saturated carbocycles. The van der Waals surface area contributed by atoms with Crippen molar-refractivity contribution in [2.45, 2.75) is 19.0 Å². The number of nitrogens with zero attached hydrogens (tertiary/aromatic N) is 2. The lowest BCUT2D eigenvalue weighted by Gasteiger charge is -2.36. The molecular weight excluding hydrogens is 328 g/mol. The Hall–Kier alpha value is -3.12. The Morgan fingerprint density at radius 2 is 2.12 bits per heavy atom. The normalized spacial score (nSPS) is 20.8. The number of hydrogen-bond donors (Lipinski definition) is 2. The molecule has 0 saturated heterocycles. The van der Waals surface area contributed by atoms with Gasteiger partial charge in [-0.25, -0.2) is 0 Å². The average molecular weight is 348 g/mol. The summed E-state index contributed by atoms with van der Waals surface area (Å²) in [5, 5.41) is 11.1. The zero-order chi connectivity index (χ0) is 18.0. The predicted molar refractivity (Wildman–Crippen MR) is 98.1 cm³/mol. The van der Waals surface area contributed by atoms with Gasteiger partial charge in [-0.1, -0.05) is 41.6 Å². The number of rotatable bonds is 5. The Labute approximate surface area is 151 Å². The van der Waals surface area contributed by atoms with Gasteiger partial charge in [0, 0.05) is 36.5 Å². The van der Waals surface area contributed by atoms with Crippen LogP contribution in [0.1, 0.15) is 17.3 Å². The van der Waals surface area contributed by atoms with E-state index in [-0.39, 0.29) is 0 Å². The Morgan fingerprint density at radius 1 is 1.23 bits per heavy atom. The van der Waals surface area contributed by atoms with Gasteiger partial charge in [0.25, 0.3) is 0 Å². The SMILES string of the molecule is COc1ccccc1CNC1(c2noc(C)n2)C=CC=C2NC=CC=C21. The van der Waals surface area contributed by atoms with Crippen LogP contribution in [0.2, 0.25) is 0 Å². The molecule has 1 aliphatic carbocycles. The van der Waals surface area contributed by atoms with Crippen LogP contribution in [0.5, 0.6) is 5.75 Å². The molecule has 0 amide bonds. The second-order valence-corrected chi connectivity index (χ2v) is 6.13. The van der Waals surface area contributed by atoms with E-state index < -0.39 is 5.54 Å². The molecule has 2 N–H and O–H groups in total. The molecule has 0 fully saturated rings. The molecule has 0 spiro atoms. The molecule has 6 heteroatoms. The predicted octanol–water partition coefficient (Wildman–Crippen LogP) is 2.87. The summed E-state index contributed by atoms with van der Waals surface area (Å²) in [6.07, 6.45) is 12.0. The molecule has 1 aromatic carbocycles. The number of aryl methyl sites for hydroxylation is 1. The van der Waals surface area contributed by atoms with Crippen molar-refractivity contribution in [2.75, 3.05) is 7.11 Å². The van der Waals surface area contributed by atoms with Gasteiger partial charge in [0.1, 0.15) is 11.3 Å². The minimum absolute atomic E-state index is 0.530. The maximum atomic E-state index is 5.48. The van der Waals surface area contributed by atoms with E-state index in [1.54, 1.807) is 14.0 Å². The van der Waals surface area contributed by atoms with Gasteiger partial charge >= 0.3 is 0 Å². The Kier molecular flexibility index (Phi) is 4.18. The highest BCUT2D eigenvalue weighted by atomic mass is 16.5. The quantitative estimate of drug-likeness (QED) is 0.866. The van der Waals surface area contributed by atoms with E-state index in [4.69, 9.17) is 9.26 Å². The van der Waals surface area contributed by atoms with Crippen LogP contribution in [0.25, 0.3) is 0 Å². The summed E-state index contributed by atoms with van der Waals surface area (Å²) in [6, 6.07) is 7.95. The number of methoxy groups -OCH3 is 1. The van der Waals surface area contributed by atoms with Crippen LogP contribution in [0.3, 0.4) is 0 Å². The fourth-order valence-corrected chi connectivity index (χ4v) is 3.28. The van der Waals surface area contributed by atoms with Crippen molar-refractivity contribution >= 4 is 0 Å². The van der Waals surface area contributed by atoms with Crippen molar-refractivity contribution < 1.29 is 9.26 Å². The number of aromatic nitrogens is 2. The third-order valence-corrected chi connectivity index (χ3v) is 4.55. The van der Waals surface area contributed by atoms with Crippen molar-refractivity contribution in [3.05, 3.63) is 89.4 Å². The van der Waals surface area contributed by atoms with Gasteiger partial charge in [0.15, 0.2) is 0 Å². The maximum absolute atomic E-state index is 5.48. The molecule has 0 bridgehead atoms. The zero-order valence-corrected chi connectivity index (χ0v) is 14.7. The van der Waals surface area contributed by atoms with Crippen molar-refractivity contribution in [1.82, 2.24) is 20.8 Å². The van der Waals surface area contributed by atoms with E-state index in [0.717, 1.165) is 22.6 Å². The van der Waals surface area contributed by atoms with Gasteiger partial charge in [0.2, 0.25) is 11.7 Å². The van der Waals surface area contributed by atoms with Gasteiger partial charge in [-0.3, -0.25) is 5.32 Å². The molecule has 132 valence electrons. The topological polar surface area (TPSA) is 72.2 Å². The number of para-hydroxylation sites is 1. The molecule has 1 aromatic heterocycles. The molecule has 26 heavy (non-hydrogen) atoms. The van der Waals surface area contributed by atoms with Crippen molar-refractivity contribution in [2.24, 2.45) is 0 Å². The van der Waals surface area contributed by atoms with Crippen LogP contribution in [0, 0.1) is 6.92 Å². The van der Waals surface area contributed by atoms with Crippen LogP contribution < -0.4 is 15.4 Å². The molecule has 4 rings (SSSR count). The summed E-state index contributed by atoms with van der Waals surface area (Å²) >= 11 is 0. The first-order valence-electron chi connectivity index (χ1n) is 8.44. The van der Waals surface area contributed by atoms with E-state index in [9.17, 15) is 0 Å². The number of ether oxygens (including phenoxy) is 1. The first-order valence-corrected chi connectivity index (χ1v) is 8.44. The van der Waals surface area contributed by atoms with Crippen LogP contribution in [-0.2, 0) is 12.1 Å². The lowest BCUT2D eigenvalue weighted by atomic mass is 9.81. The third-order valence-electron chi connectivity index (χ3n) is 4.55. The van der Waals surface area contributed by atoms with Gasteiger partial charge in [-0.2, -0.15) is 4.98 Å². The third kappa shape index (κ3) is 2.74. The molecule has 1 unspecified atom stereocenters. The summed E-state index contributed by atoms with van der Waals surface area (Å²) in [4.78, 5) is 4.51. The summed E-state index contributed by atoms with van der Waals surface area (Å²) in [6.45, 7) is 2.37. The van der Waals surface area contributed by atoms with Crippen molar-refractivity contribution in [3.63, 3.8) is 0 Å². The molecular formula is C20H20N4O2. The molecule has 0 radical (unpaired) electrons. The van der Waals surface area contributed by atoms with Crippen LogP contribution in [0.15, 0.2) is 76.6 Å². The number of allylic oxidation sites excluding steroid dienone is 4. The molecule has 1 aliphatic heterocycles. The molecule has 2 aromatic rings. The first-order chi connectivity index (χ1) is 12.7. The average Bonchev–Trinajstić information content (AvgIpc) is 3.13. The van der Waals surface area contributed by atoms with Crippen LogP contribution in [0.4, 0.5) is 0 Å². The number of hydrogen-bond acceptors (Lipinski definition) is 6. The monoisotopic (exact) mass is 348 g/mol. The van der Waals surface area contributed by atoms with Crippen molar-refractivity contribution in [3.8, 4) is 5.75 Å². The fraction of sp³-hybridized carbons (Fsp3) is 0.200. The molecule has 2 aliphatic rings. The number of fused-ring (bicyclic) bond motifs is 1. The van der Waals surface area contributed by atoms with E-state index in [0.29, 0.717) is 18.3 Å². The highest BCUT2D eigenvalue weighted by Gasteiger charge is 2.41. The highest BCUT2D eigenvalue weighted by molar-refractivity contribution is 5.54. The zero-order valence-electron chi connectivity index (χ0n) is 14.7. The van der Waals surface area contributed by atoms with Gasteiger partial charge < -0.3 is 14.6 Å². The van der Waals surface area contributed by atoms with Gasteiger partial charge in [-0.05, 0) is 18.2 Å². The Bertz CT molecular complexity index is 939. The number of nitrogens with one attached hydrogen (secondary N) is 2. The minimum Gasteiger partial charge on any atom is -0.496 e. The summed E-state index contributed by atoms with van der Waals surface area (Å²) in [7, 11) is 1.68. The Morgan fingerprint density at radius 3 is 2.92 bits per heavy atom. The number of dihydropyridines is 1. The maximum Gasteiger partial charge on any atom is 0.223 e.